The number of amides is 1. The van der Waals surface area contributed by atoms with Crippen molar-refractivity contribution >= 4 is 11.6 Å². The summed E-state index contributed by atoms with van der Waals surface area (Å²) in [4.78, 5) is 12.8. The number of carbonyl (C=O) groups excluding carboxylic acids is 1. The minimum Gasteiger partial charge on any atom is -0.322 e. The van der Waals surface area contributed by atoms with Crippen molar-refractivity contribution in [3.63, 3.8) is 0 Å². The van der Waals surface area contributed by atoms with Gasteiger partial charge in [-0.2, -0.15) is 5.10 Å². The van der Waals surface area contributed by atoms with Crippen LogP contribution in [0.2, 0.25) is 0 Å². The van der Waals surface area contributed by atoms with Crippen LogP contribution in [0.5, 0.6) is 0 Å². The van der Waals surface area contributed by atoms with E-state index in [0.717, 1.165) is 29.1 Å². The molecule has 2 aromatic carbocycles. The molecule has 0 radical (unpaired) electrons. The molecule has 0 aliphatic rings. The van der Waals surface area contributed by atoms with Crippen molar-refractivity contribution in [3.8, 4) is 5.69 Å². The van der Waals surface area contributed by atoms with Crippen LogP contribution in [0.4, 0.5) is 10.1 Å². The molecule has 26 heavy (non-hydrogen) atoms. The molecule has 4 nitrogen and oxygen atoms in total. The Morgan fingerprint density at radius 1 is 1.19 bits per heavy atom. The molecule has 0 saturated carbocycles. The molecule has 0 bridgehead atoms. The number of aryl methyl sites for hydroxylation is 1. The highest BCUT2D eigenvalue weighted by Crippen LogP contribution is 2.24. The average Bonchev–Trinajstić information content (AvgIpc) is 3.08. The molecule has 0 spiro atoms. The quantitative estimate of drug-likeness (QED) is 0.707. The molecular formula is C21H22FN3O. The Morgan fingerprint density at radius 3 is 2.58 bits per heavy atom. The van der Waals surface area contributed by atoms with E-state index < -0.39 is 0 Å². The molecule has 0 atom stereocenters. The standard InChI is InChI=1S/C21H22FN3O/c1-4-15-6-5-7-17(12-15)24-21(26)19-13-23-25(20(19)14(2)3)18-10-8-16(22)9-11-18/h5-14H,4H2,1-3H3,(H,24,26). The predicted octanol–water partition coefficient (Wildman–Crippen LogP) is 4.95. The summed E-state index contributed by atoms with van der Waals surface area (Å²) < 4.78 is 14.9. The van der Waals surface area contributed by atoms with Crippen molar-refractivity contribution in [1.29, 1.82) is 0 Å². The molecule has 3 rings (SSSR count). The lowest BCUT2D eigenvalue weighted by atomic mass is 10.0. The van der Waals surface area contributed by atoms with E-state index in [4.69, 9.17) is 0 Å². The van der Waals surface area contributed by atoms with Crippen LogP contribution < -0.4 is 5.32 Å². The van der Waals surface area contributed by atoms with E-state index in [1.54, 1.807) is 23.0 Å². The summed E-state index contributed by atoms with van der Waals surface area (Å²) in [6.07, 6.45) is 2.47. The summed E-state index contributed by atoms with van der Waals surface area (Å²) in [6, 6.07) is 13.9. The highest BCUT2D eigenvalue weighted by atomic mass is 19.1. The normalized spacial score (nSPS) is 11.0. The van der Waals surface area contributed by atoms with Crippen LogP contribution in [0, 0.1) is 5.82 Å². The SMILES string of the molecule is CCc1cccc(NC(=O)c2cnn(-c3ccc(F)cc3)c2C(C)C)c1. The lowest BCUT2D eigenvalue weighted by molar-refractivity contribution is 0.102. The average molecular weight is 351 g/mol. The minimum atomic E-state index is -0.305. The van der Waals surface area contributed by atoms with Gasteiger partial charge in [-0.25, -0.2) is 9.07 Å². The minimum absolute atomic E-state index is 0.0743. The Balaban J connectivity index is 1.94. The van der Waals surface area contributed by atoms with Crippen LogP contribution in [-0.4, -0.2) is 15.7 Å². The fraction of sp³-hybridized carbons (Fsp3) is 0.238. The summed E-state index contributed by atoms with van der Waals surface area (Å²) in [6.45, 7) is 6.08. The van der Waals surface area contributed by atoms with Gasteiger partial charge in [0.2, 0.25) is 0 Å². The van der Waals surface area contributed by atoms with Crippen LogP contribution in [0.3, 0.4) is 0 Å². The second-order valence-corrected chi connectivity index (χ2v) is 6.49. The number of hydrogen-bond donors (Lipinski definition) is 1. The maximum atomic E-state index is 13.2. The van der Waals surface area contributed by atoms with Crippen molar-refractivity contribution in [3.05, 3.63) is 77.4 Å². The Morgan fingerprint density at radius 2 is 1.92 bits per heavy atom. The molecule has 0 fully saturated rings. The molecule has 1 aromatic heterocycles. The van der Waals surface area contributed by atoms with E-state index in [1.807, 2.05) is 38.1 Å². The van der Waals surface area contributed by atoms with Crippen molar-refractivity contribution in [2.24, 2.45) is 0 Å². The monoisotopic (exact) mass is 351 g/mol. The first-order valence-electron chi connectivity index (χ1n) is 8.73. The van der Waals surface area contributed by atoms with Gasteiger partial charge in [-0.3, -0.25) is 4.79 Å². The third-order valence-corrected chi connectivity index (χ3v) is 4.26. The number of rotatable bonds is 5. The molecule has 1 heterocycles. The van der Waals surface area contributed by atoms with Gasteiger partial charge >= 0.3 is 0 Å². The molecule has 5 heteroatoms. The number of carbonyl (C=O) groups is 1. The van der Waals surface area contributed by atoms with E-state index in [-0.39, 0.29) is 17.6 Å². The first-order chi connectivity index (χ1) is 12.5. The number of nitrogens with zero attached hydrogens (tertiary/aromatic N) is 2. The first kappa shape index (κ1) is 17.9. The highest BCUT2D eigenvalue weighted by molar-refractivity contribution is 6.05. The Bertz CT molecular complexity index is 913. The van der Waals surface area contributed by atoms with E-state index >= 15 is 0 Å². The smallest absolute Gasteiger partial charge is 0.259 e. The van der Waals surface area contributed by atoms with Crippen LogP contribution in [0.15, 0.2) is 54.7 Å². The Hall–Kier alpha value is -2.95. The molecule has 0 saturated heterocycles. The number of benzene rings is 2. The fourth-order valence-electron chi connectivity index (χ4n) is 2.94. The topological polar surface area (TPSA) is 46.9 Å². The zero-order valence-corrected chi connectivity index (χ0v) is 15.2. The first-order valence-corrected chi connectivity index (χ1v) is 8.73. The third kappa shape index (κ3) is 3.67. The van der Waals surface area contributed by atoms with Crippen LogP contribution in [0.1, 0.15) is 48.3 Å². The molecule has 3 aromatic rings. The van der Waals surface area contributed by atoms with Gasteiger partial charge in [0.15, 0.2) is 0 Å². The largest absolute Gasteiger partial charge is 0.322 e. The summed E-state index contributed by atoms with van der Waals surface area (Å²) in [5.41, 5.74) is 3.96. The van der Waals surface area contributed by atoms with E-state index in [9.17, 15) is 9.18 Å². The summed E-state index contributed by atoms with van der Waals surface area (Å²) in [5, 5.41) is 7.32. The van der Waals surface area contributed by atoms with Crippen molar-refractivity contribution in [2.75, 3.05) is 5.32 Å². The molecule has 0 aliphatic carbocycles. The molecular weight excluding hydrogens is 329 g/mol. The number of hydrogen-bond acceptors (Lipinski definition) is 2. The van der Waals surface area contributed by atoms with Crippen LogP contribution >= 0.6 is 0 Å². The summed E-state index contributed by atoms with van der Waals surface area (Å²) in [5.74, 6) is -0.429. The summed E-state index contributed by atoms with van der Waals surface area (Å²) in [7, 11) is 0. The van der Waals surface area contributed by atoms with Crippen molar-refractivity contribution in [1.82, 2.24) is 9.78 Å². The van der Waals surface area contributed by atoms with Gasteiger partial charge in [-0.15, -0.1) is 0 Å². The van der Waals surface area contributed by atoms with Crippen molar-refractivity contribution in [2.45, 2.75) is 33.1 Å². The van der Waals surface area contributed by atoms with Gasteiger partial charge in [-0.1, -0.05) is 32.9 Å². The maximum absolute atomic E-state index is 13.2. The van der Waals surface area contributed by atoms with Gasteiger partial charge < -0.3 is 5.32 Å². The molecule has 1 N–H and O–H groups in total. The van der Waals surface area contributed by atoms with Crippen LogP contribution in [-0.2, 0) is 6.42 Å². The molecule has 0 aliphatic heterocycles. The molecule has 1 amide bonds. The number of anilines is 1. The second kappa shape index (κ2) is 7.52. The molecule has 134 valence electrons. The number of halogens is 1. The third-order valence-electron chi connectivity index (χ3n) is 4.26. The molecule has 0 unspecified atom stereocenters. The van der Waals surface area contributed by atoms with E-state index in [0.29, 0.717) is 5.56 Å². The second-order valence-electron chi connectivity index (χ2n) is 6.49. The fourth-order valence-corrected chi connectivity index (χ4v) is 2.94. The van der Waals surface area contributed by atoms with Gasteiger partial charge in [0, 0.05) is 5.69 Å². The van der Waals surface area contributed by atoms with Gasteiger partial charge in [0.25, 0.3) is 5.91 Å². The van der Waals surface area contributed by atoms with Gasteiger partial charge in [-0.05, 0) is 54.3 Å². The number of aromatic nitrogens is 2. The number of nitrogens with one attached hydrogen (secondary N) is 1. The Kier molecular flexibility index (Phi) is 5.16. The zero-order valence-electron chi connectivity index (χ0n) is 15.2. The van der Waals surface area contributed by atoms with Gasteiger partial charge in [0.1, 0.15) is 5.82 Å². The summed E-state index contributed by atoms with van der Waals surface area (Å²) >= 11 is 0. The van der Waals surface area contributed by atoms with E-state index in [1.165, 1.54) is 12.1 Å². The zero-order chi connectivity index (χ0) is 18.7. The highest BCUT2D eigenvalue weighted by Gasteiger charge is 2.21. The maximum Gasteiger partial charge on any atom is 0.259 e. The Labute approximate surface area is 152 Å². The van der Waals surface area contributed by atoms with E-state index in [2.05, 4.69) is 17.3 Å². The lowest BCUT2D eigenvalue weighted by Crippen LogP contribution is -2.15. The van der Waals surface area contributed by atoms with Crippen LogP contribution in [0.25, 0.3) is 5.69 Å². The van der Waals surface area contributed by atoms with Crippen molar-refractivity contribution < 1.29 is 9.18 Å². The van der Waals surface area contributed by atoms with Gasteiger partial charge in [0.05, 0.1) is 23.1 Å². The lowest BCUT2D eigenvalue weighted by Gasteiger charge is -2.13. The predicted molar refractivity (Wildman–Crippen MR) is 101 cm³/mol.